The zero-order valence-electron chi connectivity index (χ0n) is 32.6. The van der Waals surface area contributed by atoms with Crippen LogP contribution in [0.25, 0.3) is 83.0 Å². The second-order valence-electron chi connectivity index (χ2n) is 15.2. The Balaban J connectivity index is 1.20. The largest absolute Gasteiger partial charge is 0.310 e. The molecule has 8 aromatic carbocycles. The van der Waals surface area contributed by atoms with Crippen molar-refractivity contribution < 1.29 is 0 Å². The van der Waals surface area contributed by atoms with Gasteiger partial charge in [-0.2, -0.15) is 0 Å². The van der Waals surface area contributed by atoms with Crippen molar-refractivity contribution in [3.8, 4) is 28.3 Å². The van der Waals surface area contributed by atoms with Gasteiger partial charge in [-0.3, -0.25) is 4.98 Å². The molecule has 4 aromatic heterocycles. The molecule has 282 valence electrons. The number of aromatic nitrogens is 4. The number of hydrogen-bond acceptors (Lipinski definition) is 2. The maximum Gasteiger partial charge on any atom is 0.0804 e. The molecule has 0 aliphatic rings. The molecular weight excluding hydrogens is 731 g/mol. The van der Waals surface area contributed by atoms with E-state index >= 15 is 0 Å². The lowest BCUT2D eigenvalue weighted by atomic mass is 10.1. The third-order valence-electron chi connectivity index (χ3n) is 11.8. The summed E-state index contributed by atoms with van der Waals surface area (Å²) < 4.78 is 7.34. The number of hydrogen-bond donors (Lipinski definition) is 0. The van der Waals surface area contributed by atoms with Gasteiger partial charge in [0.15, 0.2) is 0 Å². The second-order valence-corrected chi connectivity index (χ2v) is 15.2. The second kappa shape index (κ2) is 13.8. The summed E-state index contributed by atoms with van der Waals surface area (Å²) in [4.78, 5) is 7.00. The summed E-state index contributed by atoms with van der Waals surface area (Å²) in [6.07, 6.45) is 1.85. The van der Waals surface area contributed by atoms with Gasteiger partial charge < -0.3 is 18.6 Å². The predicted octanol–water partition coefficient (Wildman–Crippen LogP) is 14.4. The van der Waals surface area contributed by atoms with Gasteiger partial charge in [-0.25, -0.2) is 0 Å². The molecule has 0 atom stereocenters. The molecule has 0 spiro atoms. The highest BCUT2D eigenvalue weighted by atomic mass is 15.1. The maximum atomic E-state index is 4.66. The van der Waals surface area contributed by atoms with E-state index in [-0.39, 0.29) is 0 Å². The molecule has 5 nitrogen and oxygen atoms in total. The topological polar surface area (TPSA) is 30.9 Å². The van der Waals surface area contributed by atoms with Crippen LogP contribution in [0, 0.1) is 0 Å². The van der Waals surface area contributed by atoms with E-state index in [4.69, 9.17) is 0 Å². The molecule has 0 bridgehead atoms. The monoisotopic (exact) mass is 767 g/mol. The van der Waals surface area contributed by atoms with Crippen molar-refractivity contribution in [3.05, 3.63) is 225 Å². The van der Waals surface area contributed by atoms with Gasteiger partial charge in [0, 0.05) is 67.4 Å². The Labute approximate surface area is 346 Å². The van der Waals surface area contributed by atoms with Crippen LogP contribution in [0.5, 0.6) is 0 Å². The van der Waals surface area contributed by atoms with Crippen LogP contribution in [0.1, 0.15) is 0 Å². The quantitative estimate of drug-likeness (QED) is 0.162. The third kappa shape index (κ3) is 5.30. The van der Waals surface area contributed by atoms with Crippen molar-refractivity contribution in [2.24, 2.45) is 0 Å². The van der Waals surface area contributed by atoms with E-state index in [1.54, 1.807) is 0 Å². The summed E-state index contributed by atoms with van der Waals surface area (Å²) in [5, 5.41) is 4.82. The first kappa shape index (κ1) is 33.9. The molecule has 5 heteroatoms. The van der Waals surface area contributed by atoms with Crippen LogP contribution in [-0.2, 0) is 0 Å². The van der Waals surface area contributed by atoms with E-state index in [0.717, 1.165) is 72.8 Å². The van der Waals surface area contributed by atoms with Crippen molar-refractivity contribution in [1.29, 1.82) is 0 Å². The molecule has 0 aliphatic heterocycles. The fourth-order valence-corrected chi connectivity index (χ4v) is 9.27. The van der Waals surface area contributed by atoms with Gasteiger partial charge >= 0.3 is 0 Å². The maximum absolute atomic E-state index is 4.66. The van der Waals surface area contributed by atoms with Crippen LogP contribution in [0.2, 0.25) is 0 Å². The lowest BCUT2D eigenvalue weighted by molar-refractivity contribution is 1.17. The highest BCUT2D eigenvalue weighted by Gasteiger charge is 2.25. The number of para-hydroxylation sites is 5. The van der Waals surface area contributed by atoms with Crippen LogP contribution >= 0.6 is 0 Å². The molecule has 0 unspecified atom stereocenters. The number of pyridine rings is 1. The fraction of sp³-hybridized carbons (Fsp3) is 0. The van der Waals surface area contributed by atoms with E-state index < -0.39 is 0 Å². The minimum atomic E-state index is 0.953. The standard InChI is InChI=1S/C55H37N5/c1-4-16-39(17-5-1)57(40-18-6-2-7-19-40)43-31-33-53-47(36-43)54-55(60(53)42-29-27-38(28-30-42)49-24-14-15-35-56-49)48-37-44(32-34-52(48)59(54)41-20-8-3-9-21-41)58-50-25-12-10-22-45(50)46-23-11-13-26-51(46)58/h1-37H. The Morgan fingerprint density at radius 3 is 1.40 bits per heavy atom. The normalized spacial score (nSPS) is 11.7. The summed E-state index contributed by atoms with van der Waals surface area (Å²) >= 11 is 0. The Hall–Kier alpha value is -8.15. The van der Waals surface area contributed by atoms with Crippen LogP contribution in [0.4, 0.5) is 17.1 Å². The molecule has 4 heterocycles. The smallest absolute Gasteiger partial charge is 0.0804 e. The molecule has 12 aromatic rings. The average molecular weight is 768 g/mol. The first-order valence-electron chi connectivity index (χ1n) is 20.4. The van der Waals surface area contributed by atoms with E-state index in [2.05, 4.69) is 230 Å². The number of benzene rings is 8. The Bertz CT molecular complexity index is 3420. The van der Waals surface area contributed by atoms with Crippen molar-refractivity contribution in [2.75, 3.05) is 4.90 Å². The molecule has 0 saturated carbocycles. The van der Waals surface area contributed by atoms with Crippen molar-refractivity contribution >= 4 is 71.7 Å². The van der Waals surface area contributed by atoms with Gasteiger partial charge in [-0.05, 0) is 109 Å². The highest BCUT2D eigenvalue weighted by Crippen LogP contribution is 2.45. The van der Waals surface area contributed by atoms with Crippen LogP contribution in [0.3, 0.4) is 0 Å². The number of nitrogens with zero attached hydrogens (tertiary/aromatic N) is 5. The molecular formula is C55H37N5. The van der Waals surface area contributed by atoms with Crippen molar-refractivity contribution in [2.45, 2.75) is 0 Å². The summed E-state index contributed by atoms with van der Waals surface area (Å²) in [5.74, 6) is 0. The van der Waals surface area contributed by atoms with Gasteiger partial charge in [0.05, 0.1) is 38.8 Å². The lowest BCUT2D eigenvalue weighted by Crippen LogP contribution is -2.09. The summed E-state index contributed by atoms with van der Waals surface area (Å²) in [5.41, 5.74) is 15.6. The molecule has 12 rings (SSSR count). The summed E-state index contributed by atoms with van der Waals surface area (Å²) in [6.45, 7) is 0. The van der Waals surface area contributed by atoms with Crippen LogP contribution in [-0.4, -0.2) is 18.7 Å². The zero-order chi connectivity index (χ0) is 39.6. The van der Waals surface area contributed by atoms with Gasteiger partial charge in [0.2, 0.25) is 0 Å². The molecule has 0 aliphatic carbocycles. The van der Waals surface area contributed by atoms with Crippen molar-refractivity contribution in [1.82, 2.24) is 18.7 Å². The SMILES string of the molecule is c1ccc(N(c2ccccc2)c2ccc3c(c2)c2c(c4cc(-n5c6ccccc6c6ccccc65)ccc4n2-c2ccccc2)n3-c2ccc(-c3ccccn3)cc2)cc1. The summed E-state index contributed by atoms with van der Waals surface area (Å²) in [7, 11) is 0. The lowest BCUT2D eigenvalue weighted by Gasteiger charge is -2.25. The average Bonchev–Trinajstić information content (AvgIpc) is 3.96. The van der Waals surface area contributed by atoms with Gasteiger partial charge in [0.25, 0.3) is 0 Å². The van der Waals surface area contributed by atoms with Gasteiger partial charge in [-0.1, -0.05) is 109 Å². The fourth-order valence-electron chi connectivity index (χ4n) is 9.27. The van der Waals surface area contributed by atoms with E-state index in [1.807, 2.05) is 18.3 Å². The molecule has 0 amide bonds. The minimum Gasteiger partial charge on any atom is -0.310 e. The third-order valence-corrected chi connectivity index (χ3v) is 11.8. The molecule has 0 fully saturated rings. The van der Waals surface area contributed by atoms with Crippen LogP contribution < -0.4 is 4.90 Å². The molecule has 0 radical (unpaired) electrons. The number of anilines is 3. The zero-order valence-corrected chi connectivity index (χ0v) is 32.6. The Kier molecular flexibility index (Phi) is 7.78. The van der Waals surface area contributed by atoms with E-state index in [0.29, 0.717) is 0 Å². The number of rotatable bonds is 7. The summed E-state index contributed by atoms with van der Waals surface area (Å²) in [6, 6.07) is 78.4. The highest BCUT2D eigenvalue weighted by molar-refractivity contribution is 6.21. The van der Waals surface area contributed by atoms with Gasteiger partial charge in [0.1, 0.15) is 0 Å². The molecule has 60 heavy (non-hydrogen) atoms. The van der Waals surface area contributed by atoms with E-state index in [9.17, 15) is 0 Å². The Morgan fingerprint density at radius 2 is 0.800 bits per heavy atom. The molecule has 0 saturated heterocycles. The predicted molar refractivity (Wildman–Crippen MR) is 250 cm³/mol. The van der Waals surface area contributed by atoms with Crippen LogP contribution in [0.15, 0.2) is 225 Å². The first-order chi connectivity index (χ1) is 29.8. The first-order valence-corrected chi connectivity index (χ1v) is 20.4. The molecule has 0 N–H and O–H groups in total. The van der Waals surface area contributed by atoms with E-state index in [1.165, 1.54) is 27.2 Å². The minimum absolute atomic E-state index is 0.953. The van der Waals surface area contributed by atoms with Gasteiger partial charge in [-0.15, -0.1) is 0 Å². The number of fused-ring (bicyclic) bond motifs is 8. The van der Waals surface area contributed by atoms with Crippen molar-refractivity contribution in [3.63, 3.8) is 0 Å². The Morgan fingerprint density at radius 1 is 0.317 bits per heavy atom.